The van der Waals surface area contributed by atoms with Gasteiger partial charge in [0.05, 0.1) is 0 Å². The predicted molar refractivity (Wildman–Crippen MR) is 64.5 cm³/mol. The molecule has 1 saturated carbocycles. The number of anilines is 1. The van der Waals surface area contributed by atoms with Gasteiger partial charge in [0.1, 0.15) is 12.4 Å². The van der Waals surface area contributed by atoms with Gasteiger partial charge >= 0.3 is 0 Å². The highest BCUT2D eigenvalue weighted by molar-refractivity contribution is 5.43. The Morgan fingerprint density at radius 1 is 1.31 bits per heavy atom. The smallest absolute Gasteiger partial charge is 0.121 e. The molecule has 1 aromatic rings. The van der Waals surface area contributed by atoms with E-state index < -0.39 is 0 Å². The summed E-state index contributed by atoms with van der Waals surface area (Å²) in [5, 5.41) is 0. The second-order valence-corrected chi connectivity index (χ2v) is 5.13. The van der Waals surface area contributed by atoms with Gasteiger partial charge in [-0.2, -0.15) is 0 Å². The lowest BCUT2D eigenvalue weighted by atomic mass is 9.97. The van der Waals surface area contributed by atoms with Crippen LogP contribution < -0.4 is 10.5 Å². The summed E-state index contributed by atoms with van der Waals surface area (Å²) in [6.45, 7) is 4.37. The van der Waals surface area contributed by atoms with Crippen LogP contribution in [0.2, 0.25) is 0 Å². The Morgan fingerprint density at radius 3 is 2.81 bits per heavy atom. The zero-order chi connectivity index (χ0) is 11.0. The average molecular weight is 218 g/mol. The quantitative estimate of drug-likeness (QED) is 0.782. The molecule has 1 spiro atoms. The highest BCUT2D eigenvalue weighted by Gasteiger charge is 2.51. The molecule has 2 fully saturated rings. The third-order valence-corrected chi connectivity index (χ3v) is 3.61. The first kappa shape index (κ1) is 9.97. The Labute approximate surface area is 96.2 Å². The summed E-state index contributed by atoms with van der Waals surface area (Å²) < 4.78 is 5.66. The number of hydrogen-bond donors (Lipinski definition) is 1. The fourth-order valence-electron chi connectivity index (χ4n) is 2.45. The summed E-state index contributed by atoms with van der Waals surface area (Å²) in [6, 6.07) is 7.62. The number of benzene rings is 1. The fraction of sp³-hybridized carbons (Fsp3) is 0.538. The van der Waals surface area contributed by atoms with Crippen molar-refractivity contribution >= 4 is 5.69 Å². The molecule has 2 N–H and O–H groups in total. The fourth-order valence-corrected chi connectivity index (χ4v) is 2.45. The molecule has 1 aromatic carbocycles. The number of ether oxygens (including phenoxy) is 1. The van der Waals surface area contributed by atoms with Crippen LogP contribution in [0.25, 0.3) is 0 Å². The van der Waals surface area contributed by atoms with Crippen LogP contribution in [0, 0.1) is 5.41 Å². The van der Waals surface area contributed by atoms with E-state index in [1.54, 1.807) is 0 Å². The van der Waals surface area contributed by atoms with Gasteiger partial charge in [0.25, 0.3) is 0 Å². The third-order valence-electron chi connectivity index (χ3n) is 3.61. The number of rotatable bonds is 4. The second kappa shape index (κ2) is 3.67. The normalized spacial score (nSPS) is 21.8. The van der Waals surface area contributed by atoms with Crippen molar-refractivity contribution in [2.24, 2.45) is 5.41 Å². The molecule has 3 rings (SSSR count). The summed E-state index contributed by atoms with van der Waals surface area (Å²) in [4.78, 5) is 2.47. The molecule has 3 heteroatoms. The third kappa shape index (κ3) is 2.00. The standard InChI is InChI=1S/C13H18N2O/c14-11-2-1-3-12(8-11)16-7-6-15-9-13(10-15)4-5-13/h1-3,8H,4-7,9-10,14H2. The minimum absolute atomic E-state index is 0.747. The number of hydrogen-bond acceptors (Lipinski definition) is 3. The molecule has 2 aliphatic rings. The van der Waals surface area contributed by atoms with Crippen LogP contribution in [-0.4, -0.2) is 31.1 Å². The van der Waals surface area contributed by atoms with E-state index in [-0.39, 0.29) is 0 Å². The summed E-state index contributed by atoms with van der Waals surface area (Å²) >= 11 is 0. The van der Waals surface area contributed by atoms with Gasteiger partial charge in [-0.05, 0) is 30.4 Å². The zero-order valence-corrected chi connectivity index (χ0v) is 9.48. The summed E-state index contributed by atoms with van der Waals surface area (Å²) in [5.41, 5.74) is 7.19. The molecule has 0 amide bonds. The van der Waals surface area contributed by atoms with Crippen molar-refractivity contribution in [2.45, 2.75) is 12.8 Å². The van der Waals surface area contributed by atoms with E-state index in [4.69, 9.17) is 10.5 Å². The summed E-state index contributed by atoms with van der Waals surface area (Å²) in [6.07, 6.45) is 2.89. The van der Waals surface area contributed by atoms with Gasteiger partial charge in [-0.3, -0.25) is 4.90 Å². The predicted octanol–water partition coefficient (Wildman–Crippen LogP) is 1.74. The van der Waals surface area contributed by atoms with Crippen molar-refractivity contribution < 1.29 is 4.74 Å². The molecule has 0 aromatic heterocycles. The van der Waals surface area contributed by atoms with Crippen LogP contribution in [0.5, 0.6) is 5.75 Å². The SMILES string of the molecule is Nc1cccc(OCCN2CC3(CC3)C2)c1. The van der Waals surface area contributed by atoms with Crippen LogP contribution in [0.3, 0.4) is 0 Å². The molecule has 86 valence electrons. The van der Waals surface area contributed by atoms with Crippen molar-refractivity contribution in [1.29, 1.82) is 0 Å². The molecule has 1 saturated heterocycles. The van der Waals surface area contributed by atoms with Gasteiger partial charge in [0.15, 0.2) is 0 Å². The molecule has 0 atom stereocenters. The molecule has 16 heavy (non-hydrogen) atoms. The number of likely N-dealkylation sites (tertiary alicyclic amines) is 1. The maximum atomic E-state index is 5.68. The van der Waals surface area contributed by atoms with Crippen molar-refractivity contribution in [3.05, 3.63) is 24.3 Å². The van der Waals surface area contributed by atoms with Crippen molar-refractivity contribution in [3.8, 4) is 5.75 Å². The number of nitrogen functional groups attached to an aromatic ring is 1. The van der Waals surface area contributed by atoms with E-state index in [0.29, 0.717) is 0 Å². The van der Waals surface area contributed by atoms with Crippen molar-refractivity contribution in [2.75, 3.05) is 32.0 Å². The van der Waals surface area contributed by atoms with Gasteiger partial charge in [0, 0.05) is 31.4 Å². The van der Waals surface area contributed by atoms with E-state index in [0.717, 1.165) is 30.0 Å². The van der Waals surface area contributed by atoms with Crippen molar-refractivity contribution in [1.82, 2.24) is 4.90 Å². The lowest BCUT2D eigenvalue weighted by Crippen LogP contribution is -2.49. The van der Waals surface area contributed by atoms with Gasteiger partial charge in [-0.15, -0.1) is 0 Å². The maximum Gasteiger partial charge on any atom is 0.121 e. The first-order valence-corrected chi connectivity index (χ1v) is 5.97. The molecule has 1 aliphatic heterocycles. The Kier molecular flexibility index (Phi) is 2.28. The highest BCUT2D eigenvalue weighted by Crippen LogP contribution is 2.52. The topological polar surface area (TPSA) is 38.5 Å². The monoisotopic (exact) mass is 218 g/mol. The molecule has 0 bridgehead atoms. The summed E-state index contributed by atoms with van der Waals surface area (Å²) in [5.74, 6) is 0.877. The molecular formula is C13H18N2O. The average Bonchev–Trinajstić information content (AvgIpc) is 2.97. The van der Waals surface area contributed by atoms with E-state index in [9.17, 15) is 0 Å². The molecule has 1 heterocycles. The van der Waals surface area contributed by atoms with Gasteiger partial charge < -0.3 is 10.5 Å². The maximum absolute atomic E-state index is 5.68. The largest absolute Gasteiger partial charge is 0.492 e. The minimum Gasteiger partial charge on any atom is -0.492 e. The Bertz CT molecular complexity index is 379. The van der Waals surface area contributed by atoms with E-state index >= 15 is 0 Å². The number of nitrogens with zero attached hydrogens (tertiary/aromatic N) is 1. The Morgan fingerprint density at radius 2 is 2.12 bits per heavy atom. The van der Waals surface area contributed by atoms with Crippen LogP contribution in [0.15, 0.2) is 24.3 Å². The minimum atomic E-state index is 0.747. The highest BCUT2D eigenvalue weighted by atomic mass is 16.5. The Balaban J connectivity index is 1.40. The lowest BCUT2D eigenvalue weighted by Gasteiger charge is -2.39. The van der Waals surface area contributed by atoms with E-state index in [2.05, 4.69) is 4.90 Å². The van der Waals surface area contributed by atoms with E-state index in [1.165, 1.54) is 25.9 Å². The molecule has 0 unspecified atom stereocenters. The van der Waals surface area contributed by atoms with E-state index in [1.807, 2.05) is 24.3 Å². The second-order valence-electron chi connectivity index (χ2n) is 5.13. The van der Waals surface area contributed by atoms with Crippen LogP contribution in [0.4, 0.5) is 5.69 Å². The lowest BCUT2D eigenvalue weighted by molar-refractivity contribution is 0.0664. The van der Waals surface area contributed by atoms with Gasteiger partial charge in [0.2, 0.25) is 0 Å². The van der Waals surface area contributed by atoms with Crippen molar-refractivity contribution in [3.63, 3.8) is 0 Å². The first-order valence-electron chi connectivity index (χ1n) is 5.97. The van der Waals surface area contributed by atoms with Gasteiger partial charge in [-0.1, -0.05) is 6.07 Å². The molecule has 1 aliphatic carbocycles. The van der Waals surface area contributed by atoms with Crippen LogP contribution >= 0.6 is 0 Å². The summed E-state index contributed by atoms with van der Waals surface area (Å²) in [7, 11) is 0. The number of nitrogens with two attached hydrogens (primary N) is 1. The molecular weight excluding hydrogens is 200 g/mol. The zero-order valence-electron chi connectivity index (χ0n) is 9.48. The van der Waals surface area contributed by atoms with Crippen LogP contribution in [-0.2, 0) is 0 Å². The van der Waals surface area contributed by atoms with Crippen LogP contribution in [0.1, 0.15) is 12.8 Å². The van der Waals surface area contributed by atoms with Gasteiger partial charge in [-0.25, -0.2) is 0 Å². The molecule has 0 radical (unpaired) electrons. The molecule has 3 nitrogen and oxygen atoms in total. The Hall–Kier alpha value is -1.22. The first-order chi connectivity index (χ1) is 7.76.